The third-order valence-electron chi connectivity index (χ3n) is 5.38. The second-order valence-corrected chi connectivity index (χ2v) is 7.28. The van der Waals surface area contributed by atoms with Gasteiger partial charge in [-0.1, -0.05) is 0 Å². The van der Waals surface area contributed by atoms with Gasteiger partial charge in [-0.15, -0.1) is 0 Å². The van der Waals surface area contributed by atoms with Crippen LogP contribution in [-0.2, 0) is 0 Å². The first-order valence-corrected chi connectivity index (χ1v) is 9.32. The Bertz CT molecular complexity index is 924. The number of fused-ring (bicyclic) bond motifs is 2. The molecule has 29 heavy (non-hydrogen) atoms. The first-order chi connectivity index (χ1) is 13.9. The number of carbonyl (C=O) groups excluding carboxylic acids is 1. The molecule has 2 fully saturated rings. The van der Waals surface area contributed by atoms with Crippen LogP contribution in [0.4, 0.5) is 13.6 Å². The molecule has 7 nitrogen and oxygen atoms in total. The summed E-state index contributed by atoms with van der Waals surface area (Å²) in [6, 6.07) is 5.70. The molecule has 0 saturated carbocycles. The number of rotatable bonds is 4. The van der Waals surface area contributed by atoms with Crippen molar-refractivity contribution in [2.75, 3.05) is 0 Å². The summed E-state index contributed by atoms with van der Waals surface area (Å²) >= 11 is 0. The number of amides is 2. The highest BCUT2D eigenvalue weighted by Gasteiger charge is 2.43. The van der Waals surface area contributed by atoms with Gasteiger partial charge in [0, 0.05) is 18.1 Å². The molecular weight excluding hydrogens is 384 g/mol. The van der Waals surface area contributed by atoms with E-state index < -0.39 is 23.6 Å². The number of piperidine rings is 1. The largest absolute Gasteiger partial charge is 0.465 e. The number of nitrogens with zero attached hydrogens (tertiary/aromatic N) is 2. The SMILES string of the molecule is O=C(NC1CC2CCC(C1)N2C(=O)O)c1cc(F)cnc1Oc1ccc(F)cc1. The number of hydrogen-bond donors (Lipinski definition) is 2. The molecule has 4 rings (SSSR count). The predicted molar refractivity (Wildman–Crippen MR) is 97.8 cm³/mol. The minimum absolute atomic E-state index is 0.0812. The number of benzene rings is 1. The Labute approximate surface area is 165 Å². The van der Waals surface area contributed by atoms with Crippen LogP contribution in [0.1, 0.15) is 36.0 Å². The van der Waals surface area contributed by atoms with Gasteiger partial charge in [0.15, 0.2) is 0 Å². The first kappa shape index (κ1) is 19.1. The highest BCUT2D eigenvalue weighted by atomic mass is 19.1. The van der Waals surface area contributed by atoms with Gasteiger partial charge in [0.2, 0.25) is 5.88 Å². The van der Waals surface area contributed by atoms with E-state index in [1.165, 1.54) is 29.2 Å². The second kappa shape index (κ2) is 7.65. The lowest BCUT2D eigenvalue weighted by atomic mass is 9.97. The summed E-state index contributed by atoms with van der Waals surface area (Å²) in [5.74, 6) is -1.52. The van der Waals surface area contributed by atoms with Gasteiger partial charge in [0.25, 0.3) is 5.91 Å². The van der Waals surface area contributed by atoms with Crippen LogP contribution in [0.15, 0.2) is 36.5 Å². The Kier molecular flexibility index (Phi) is 5.04. The Hall–Kier alpha value is -3.23. The summed E-state index contributed by atoms with van der Waals surface area (Å²) in [5, 5.41) is 12.2. The van der Waals surface area contributed by atoms with Gasteiger partial charge in [-0.05, 0) is 56.0 Å². The van der Waals surface area contributed by atoms with Gasteiger partial charge in [-0.2, -0.15) is 0 Å². The van der Waals surface area contributed by atoms with Crippen LogP contribution in [-0.4, -0.2) is 45.1 Å². The maximum absolute atomic E-state index is 13.7. The minimum atomic E-state index is -0.938. The Morgan fingerprint density at radius 3 is 2.38 bits per heavy atom. The van der Waals surface area contributed by atoms with Gasteiger partial charge < -0.3 is 20.1 Å². The van der Waals surface area contributed by atoms with E-state index in [1.54, 1.807) is 0 Å². The number of aromatic nitrogens is 1. The quantitative estimate of drug-likeness (QED) is 0.815. The summed E-state index contributed by atoms with van der Waals surface area (Å²) in [6.45, 7) is 0. The predicted octanol–water partition coefficient (Wildman–Crippen LogP) is 3.56. The molecule has 2 amide bonds. The molecule has 2 aliphatic heterocycles. The topological polar surface area (TPSA) is 91.8 Å². The zero-order valence-corrected chi connectivity index (χ0v) is 15.3. The molecular formula is C20H19F2N3O4. The van der Waals surface area contributed by atoms with Crippen molar-refractivity contribution in [3.8, 4) is 11.6 Å². The van der Waals surface area contributed by atoms with E-state index in [2.05, 4.69) is 10.3 Å². The molecule has 3 heterocycles. The van der Waals surface area contributed by atoms with Crippen LogP contribution < -0.4 is 10.1 Å². The molecule has 0 aliphatic carbocycles. The van der Waals surface area contributed by atoms with E-state index in [-0.39, 0.29) is 35.3 Å². The second-order valence-electron chi connectivity index (χ2n) is 7.28. The number of hydrogen-bond acceptors (Lipinski definition) is 4. The molecule has 2 atom stereocenters. The number of carbonyl (C=O) groups is 2. The van der Waals surface area contributed by atoms with Crippen molar-refractivity contribution in [3.05, 3.63) is 53.7 Å². The molecule has 2 N–H and O–H groups in total. The Balaban J connectivity index is 1.49. The highest BCUT2D eigenvalue weighted by Crippen LogP contribution is 2.36. The zero-order chi connectivity index (χ0) is 20.5. The van der Waals surface area contributed by atoms with Crippen molar-refractivity contribution >= 4 is 12.0 Å². The van der Waals surface area contributed by atoms with Crippen LogP contribution >= 0.6 is 0 Å². The monoisotopic (exact) mass is 403 g/mol. The van der Waals surface area contributed by atoms with Gasteiger partial charge in [-0.25, -0.2) is 18.6 Å². The van der Waals surface area contributed by atoms with Crippen LogP contribution in [0.2, 0.25) is 0 Å². The van der Waals surface area contributed by atoms with E-state index >= 15 is 0 Å². The maximum Gasteiger partial charge on any atom is 0.407 e. The average Bonchev–Trinajstić information content (AvgIpc) is 2.96. The third kappa shape index (κ3) is 3.98. The molecule has 1 aromatic heterocycles. The van der Waals surface area contributed by atoms with Crippen LogP contribution in [0.25, 0.3) is 0 Å². The molecule has 2 unspecified atom stereocenters. The lowest BCUT2D eigenvalue weighted by molar-refractivity contribution is 0.0808. The fourth-order valence-corrected chi connectivity index (χ4v) is 4.16. The summed E-state index contributed by atoms with van der Waals surface area (Å²) in [6.07, 6.45) is 2.54. The zero-order valence-electron chi connectivity index (χ0n) is 15.3. The number of nitrogens with one attached hydrogen (secondary N) is 1. The average molecular weight is 403 g/mol. The summed E-state index contributed by atoms with van der Waals surface area (Å²) in [5.41, 5.74) is -0.0812. The fraction of sp³-hybridized carbons (Fsp3) is 0.350. The van der Waals surface area contributed by atoms with Crippen molar-refractivity contribution in [1.82, 2.24) is 15.2 Å². The summed E-state index contributed by atoms with van der Waals surface area (Å²) < 4.78 is 32.3. The molecule has 0 spiro atoms. The molecule has 0 radical (unpaired) electrons. The van der Waals surface area contributed by atoms with Crippen molar-refractivity contribution in [1.29, 1.82) is 0 Å². The van der Waals surface area contributed by atoms with E-state index in [9.17, 15) is 23.5 Å². The third-order valence-corrected chi connectivity index (χ3v) is 5.38. The normalized spacial score (nSPS) is 23.0. The minimum Gasteiger partial charge on any atom is -0.465 e. The van der Waals surface area contributed by atoms with Crippen molar-refractivity contribution in [3.63, 3.8) is 0 Å². The van der Waals surface area contributed by atoms with E-state index in [0.29, 0.717) is 12.8 Å². The highest BCUT2D eigenvalue weighted by molar-refractivity contribution is 5.96. The molecule has 152 valence electrons. The summed E-state index contributed by atoms with van der Waals surface area (Å²) in [7, 11) is 0. The molecule has 2 aliphatic rings. The number of halogens is 2. The lowest BCUT2D eigenvalue weighted by Gasteiger charge is -2.37. The Morgan fingerprint density at radius 2 is 1.76 bits per heavy atom. The van der Waals surface area contributed by atoms with E-state index in [4.69, 9.17) is 4.74 Å². The molecule has 2 bridgehead atoms. The van der Waals surface area contributed by atoms with Crippen LogP contribution in [0, 0.1) is 11.6 Å². The van der Waals surface area contributed by atoms with Crippen LogP contribution in [0.3, 0.4) is 0 Å². The van der Waals surface area contributed by atoms with Crippen molar-refractivity contribution in [2.24, 2.45) is 0 Å². The van der Waals surface area contributed by atoms with Gasteiger partial charge in [-0.3, -0.25) is 4.79 Å². The molecule has 9 heteroatoms. The maximum atomic E-state index is 13.7. The standard InChI is InChI=1S/C20H19F2N3O4/c21-11-1-5-16(6-2-11)29-19-17(7-12(22)10-23-19)18(26)24-13-8-14-3-4-15(9-13)25(14)20(27)28/h1-2,5-7,10,13-15H,3-4,8-9H2,(H,24,26)(H,27,28). The van der Waals surface area contributed by atoms with Crippen LogP contribution in [0.5, 0.6) is 11.6 Å². The number of pyridine rings is 1. The fourth-order valence-electron chi connectivity index (χ4n) is 4.16. The smallest absolute Gasteiger partial charge is 0.407 e. The molecule has 2 aromatic rings. The van der Waals surface area contributed by atoms with Crippen molar-refractivity contribution < 1.29 is 28.2 Å². The molecule has 1 aromatic carbocycles. The number of ether oxygens (including phenoxy) is 1. The van der Waals surface area contributed by atoms with E-state index in [0.717, 1.165) is 25.1 Å². The van der Waals surface area contributed by atoms with Gasteiger partial charge >= 0.3 is 6.09 Å². The van der Waals surface area contributed by atoms with Gasteiger partial charge in [0.05, 0.1) is 6.20 Å². The number of carboxylic acid groups (broad SMARTS) is 1. The summed E-state index contributed by atoms with van der Waals surface area (Å²) in [4.78, 5) is 29.5. The Morgan fingerprint density at radius 1 is 1.10 bits per heavy atom. The van der Waals surface area contributed by atoms with E-state index in [1.807, 2.05) is 0 Å². The van der Waals surface area contributed by atoms with Gasteiger partial charge in [0.1, 0.15) is 22.9 Å². The van der Waals surface area contributed by atoms with Crippen molar-refractivity contribution in [2.45, 2.75) is 43.8 Å². The lowest BCUT2D eigenvalue weighted by Crippen LogP contribution is -2.52. The molecule has 2 saturated heterocycles. The first-order valence-electron chi connectivity index (χ1n) is 9.32.